The fourth-order valence-corrected chi connectivity index (χ4v) is 2.46. The van der Waals surface area contributed by atoms with Gasteiger partial charge in [-0.25, -0.2) is 0 Å². The lowest BCUT2D eigenvalue weighted by Gasteiger charge is -2.11. The van der Waals surface area contributed by atoms with Crippen LogP contribution in [0.5, 0.6) is 0 Å². The van der Waals surface area contributed by atoms with Crippen LogP contribution in [0.1, 0.15) is 13.8 Å². The van der Waals surface area contributed by atoms with Crippen LogP contribution in [0.2, 0.25) is 0 Å². The predicted octanol–water partition coefficient (Wildman–Crippen LogP) is 5.85. The van der Waals surface area contributed by atoms with Crippen molar-refractivity contribution in [1.82, 2.24) is 5.32 Å². The molecule has 0 saturated carbocycles. The van der Waals surface area contributed by atoms with E-state index in [-0.39, 0.29) is 0 Å². The first-order valence-electron chi connectivity index (χ1n) is 7.60. The standard InChI is InChI=1S/C22H25N/c1-7-13-16-20-17(10-4)18(11-5)21(14-8-2)23-22(15-9-3)19(20)12-6/h7-16,23H,1,4-6H2,2-3H3/b14-8-,15-9-,16-13-. The van der Waals surface area contributed by atoms with Gasteiger partial charge >= 0.3 is 0 Å². The van der Waals surface area contributed by atoms with Gasteiger partial charge < -0.3 is 5.32 Å². The van der Waals surface area contributed by atoms with Crippen molar-refractivity contribution in [2.45, 2.75) is 13.8 Å². The van der Waals surface area contributed by atoms with E-state index in [1.54, 1.807) is 6.08 Å². The minimum absolute atomic E-state index is 0.979. The quantitative estimate of drug-likeness (QED) is 0.582. The summed E-state index contributed by atoms with van der Waals surface area (Å²) in [7, 11) is 0. The highest BCUT2D eigenvalue weighted by atomic mass is 14.9. The van der Waals surface area contributed by atoms with Gasteiger partial charge in [0, 0.05) is 22.5 Å². The molecule has 0 aromatic carbocycles. The van der Waals surface area contributed by atoms with Crippen LogP contribution in [-0.2, 0) is 0 Å². The molecule has 0 saturated heterocycles. The first kappa shape index (κ1) is 18.2. The Balaban J connectivity index is 3.92. The Kier molecular flexibility index (Phi) is 7.35. The Hall–Kier alpha value is -2.80. The van der Waals surface area contributed by atoms with Crippen molar-refractivity contribution in [2.24, 2.45) is 0 Å². The molecule has 0 aliphatic carbocycles. The molecular weight excluding hydrogens is 278 g/mol. The SMILES string of the molecule is C=C/C=C\C1=C(C=C)C(C=C)=C(/C=C\C)NC(/C=C\C)=C1C=C. The van der Waals surface area contributed by atoms with Crippen LogP contribution in [-0.4, -0.2) is 0 Å². The van der Waals surface area contributed by atoms with Gasteiger partial charge in [-0.15, -0.1) is 0 Å². The average molecular weight is 303 g/mol. The van der Waals surface area contributed by atoms with E-state index in [2.05, 4.69) is 31.6 Å². The van der Waals surface area contributed by atoms with Crippen LogP contribution < -0.4 is 5.32 Å². The molecule has 0 unspecified atom stereocenters. The van der Waals surface area contributed by atoms with Gasteiger partial charge in [-0.1, -0.05) is 74.9 Å². The molecule has 0 spiro atoms. The molecule has 0 aromatic rings. The van der Waals surface area contributed by atoms with Gasteiger partial charge in [0.25, 0.3) is 0 Å². The molecule has 1 nitrogen and oxygen atoms in total. The van der Waals surface area contributed by atoms with Crippen LogP contribution in [0.4, 0.5) is 0 Å². The van der Waals surface area contributed by atoms with Crippen molar-refractivity contribution in [3.8, 4) is 0 Å². The fraction of sp³-hybridized carbons (Fsp3) is 0.0909. The summed E-state index contributed by atoms with van der Waals surface area (Å²) >= 11 is 0. The summed E-state index contributed by atoms with van der Waals surface area (Å²) in [5, 5.41) is 3.48. The third kappa shape index (κ3) is 4.10. The van der Waals surface area contributed by atoms with Crippen LogP contribution in [0.3, 0.4) is 0 Å². The Morgan fingerprint density at radius 1 is 0.652 bits per heavy atom. The molecule has 1 heterocycles. The number of hydrogen-bond acceptors (Lipinski definition) is 1. The van der Waals surface area contributed by atoms with Gasteiger partial charge in [-0.05, 0) is 37.1 Å². The van der Waals surface area contributed by atoms with Crippen molar-refractivity contribution < 1.29 is 0 Å². The van der Waals surface area contributed by atoms with E-state index in [1.165, 1.54) is 0 Å². The maximum Gasteiger partial charge on any atom is 0.0460 e. The van der Waals surface area contributed by atoms with E-state index in [1.807, 2.05) is 68.5 Å². The molecule has 1 rings (SSSR count). The smallest absolute Gasteiger partial charge is 0.0460 e. The summed E-state index contributed by atoms with van der Waals surface area (Å²) in [6, 6.07) is 0. The number of allylic oxidation sites excluding steroid dienone is 14. The zero-order chi connectivity index (χ0) is 17.2. The van der Waals surface area contributed by atoms with Crippen molar-refractivity contribution in [3.63, 3.8) is 0 Å². The number of rotatable bonds is 7. The van der Waals surface area contributed by atoms with Crippen molar-refractivity contribution in [2.75, 3.05) is 0 Å². The zero-order valence-corrected chi connectivity index (χ0v) is 14.1. The third-order valence-corrected chi connectivity index (χ3v) is 3.40. The van der Waals surface area contributed by atoms with Crippen LogP contribution >= 0.6 is 0 Å². The molecule has 1 aliphatic heterocycles. The van der Waals surface area contributed by atoms with E-state index in [9.17, 15) is 0 Å². The molecule has 0 radical (unpaired) electrons. The van der Waals surface area contributed by atoms with Gasteiger partial charge in [0.05, 0.1) is 0 Å². The van der Waals surface area contributed by atoms with Gasteiger partial charge in [0.1, 0.15) is 0 Å². The lowest BCUT2D eigenvalue weighted by atomic mass is 9.93. The second kappa shape index (κ2) is 9.26. The van der Waals surface area contributed by atoms with Gasteiger partial charge in [-0.2, -0.15) is 0 Å². The third-order valence-electron chi connectivity index (χ3n) is 3.40. The van der Waals surface area contributed by atoms with E-state index in [0.717, 1.165) is 33.7 Å². The Bertz CT molecular complexity index is 685. The predicted molar refractivity (Wildman–Crippen MR) is 104 cm³/mol. The van der Waals surface area contributed by atoms with Crippen molar-refractivity contribution >= 4 is 0 Å². The largest absolute Gasteiger partial charge is 0.355 e. The summed E-state index contributed by atoms with van der Waals surface area (Å²) in [6.07, 6.45) is 19.3. The van der Waals surface area contributed by atoms with Crippen LogP contribution in [0.25, 0.3) is 0 Å². The van der Waals surface area contributed by atoms with Crippen LogP contribution in [0.15, 0.2) is 121 Å². The monoisotopic (exact) mass is 303 g/mol. The van der Waals surface area contributed by atoms with E-state index in [4.69, 9.17) is 0 Å². The van der Waals surface area contributed by atoms with Crippen molar-refractivity contribution in [3.05, 3.63) is 121 Å². The second-order valence-electron chi connectivity index (χ2n) is 4.81. The fourth-order valence-electron chi connectivity index (χ4n) is 2.46. The molecule has 0 atom stereocenters. The molecule has 0 amide bonds. The molecule has 0 bridgehead atoms. The summed E-state index contributed by atoms with van der Waals surface area (Å²) in [5.41, 5.74) is 6.01. The summed E-state index contributed by atoms with van der Waals surface area (Å²) in [5.74, 6) is 0. The molecule has 1 aliphatic rings. The van der Waals surface area contributed by atoms with Gasteiger partial charge in [-0.3, -0.25) is 0 Å². The van der Waals surface area contributed by atoms with E-state index < -0.39 is 0 Å². The molecule has 1 N–H and O–H groups in total. The Morgan fingerprint density at radius 2 is 1.13 bits per heavy atom. The molecule has 0 fully saturated rings. The highest BCUT2D eigenvalue weighted by Crippen LogP contribution is 2.32. The Labute approximate surface area is 140 Å². The van der Waals surface area contributed by atoms with E-state index in [0.29, 0.717) is 0 Å². The van der Waals surface area contributed by atoms with Crippen molar-refractivity contribution in [1.29, 1.82) is 0 Å². The minimum atomic E-state index is 0.979. The Morgan fingerprint density at radius 3 is 1.52 bits per heavy atom. The maximum absolute atomic E-state index is 3.99. The van der Waals surface area contributed by atoms with Gasteiger partial charge in [0.15, 0.2) is 0 Å². The normalized spacial score (nSPS) is 16.3. The minimum Gasteiger partial charge on any atom is -0.355 e. The van der Waals surface area contributed by atoms with Gasteiger partial charge in [0.2, 0.25) is 0 Å². The zero-order valence-electron chi connectivity index (χ0n) is 14.1. The lowest BCUT2D eigenvalue weighted by Crippen LogP contribution is -2.12. The maximum atomic E-state index is 3.99. The summed E-state index contributed by atoms with van der Waals surface area (Å²) in [4.78, 5) is 0. The summed E-state index contributed by atoms with van der Waals surface area (Å²) in [6.45, 7) is 19.7. The first-order chi connectivity index (χ1) is 11.2. The van der Waals surface area contributed by atoms with E-state index >= 15 is 0 Å². The molecule has 0 aromatic heterocycles. The average Bonchev–Trinajstić information content (AvgIpc) is 2.67. The first-order valence-corrected chi connectivity index (χ1v) is 7.60. The summed E-state index contributed by atoms with van der Waals surface area (Å²) < 4.78 is 0. The topological polar surface area (TPSA) is 12.0 Å². The number of hydrogen-bond donors (Lipinski definition) is 1. The molecule has 1 heteroatoms. The highest BCUT2D eigenvalue weighted by molar-refractivity contribution is 5.66. The lowest BCUT2D eigenvalue weighted by molar-refractivity contribution is 1.03. The van der Waals surface area contributed by atoms with Crippen LogP contribution in [0, 0.1) is 0 Å². The highest BCUT2D eigenvalue weighted by Gasteiger charge is 2.18. The molecule has 23 heavy (non-hydrogen) atoms. The second-order valence-corrected chi connectivity index (χ2v) is 4.81. The number of nitrogens with one attached hydrogen (secondary N) is 1. The molecular formula is C22H25N. The molecule has 118 valence electrons.